The lowest BCUT2D eigenvalue weighted by molar-refractivity contribution is 0.327. The Hall–Kier alpha value is -1.66. The fourth-order valence-corrected chi connectivity index (χ4v) is 4.51. The maximum Gasteiger partial charge on any atom is 0.0576 e. The van der Waals surface area contributed by atoms with E-state index >= 15 is 0 Å². The van der Waals surface area contributed by atoms with E-state index in [0.717, 1.165) is 19.6 Å². The second-order valence-electron chi connectivity index (χ2n) is 6.54. The molecule has 1 saturated heterocycles. The van der Waals surface area contributed by atoms with Crippen molar-refractivity contribution in [3.63, 3.8) is 0 Å². The van der Waals surface area contributed by atoms with E-state index in [9.17, 15) is 0 Å². The number of hydrogen-bond donors (Lipinski definition) is 1. The Labute approximate surface area is 158 Å². The van der Waals surface area contributed by atoms with Gasteiger partial charge in [0, 0.05) is 60.2 Å². The Balaban J connectivity index is 0.00000182. The summed E-state index contributed by atoms with van der Waals surface area (Å²) in [4.78, 5) is 5.14. The molecule has 0 unspecified atom stereocenters. The number of aryl methyl sites for hydroxylation is 1. The SMILES string of the molecule is Cl.Cn1cc(-c2ccc(CN3C[C@@H](N)[C@H](c4ccccc4)C3)s2)cn1. The molecule has 0 amide bonds. The summed E-state index contributed by atoms with van der Waals surface area (Å²) in [5.41, 5.74) is 8.95. The van der Waals surface area contributed by atoms with Gasteiger partial charge in [0.15, 0.2) is 0 Å². The van der Waals surface area contributed by atoms with Crippen LogP contribution in [0.1, 0.15) is 16.4 Å². The lowest BCUT2D eigenvalue weighted by Gasteiger charge is -2.15. The lowest BCUT2D eigenvalue weighted by Crippen LogP contribution is -2.28. The molecule has 1 aromatic carbocycles. The Bertz CT molecular complexity index is 814. The molecule has 1 aliphatic rings. The van der Waals surface area contributed by atoms with Gasteiger partial charge in [-0.1, -0.05) is 30.3 Å². The molecule has 4 rings (SSSR count). The number of nitrogens with zero attached hydrogens (tertiary/aromatic N) is 3. The quantitative estimate of drug-likeness (QED) is 0.760. The van der Waals surface area contributed by atoms with Crippen LogP contribution < -0.4 is 5.73 Å². The highest BCUT2D eigenvalue weighted by molar-refractivity contribution is 7.15. The minimum atomic E-state index is 0. The minimum Gasteiger partial charge on any atom is -0.326 e. The molecule has 3 aromatic rings. The first kappa shape index (κ1) is 18.1. The molecule has 1 fully saturated rings. The van der Waals surface area contributed by atoms with Crippen molar-refractivity contribution in [1.29, 1.82) is 0 Å². The zero-order chi connectivity index (χ0) is 16.5. The van der Waals surface area contributed by atoms with Gasteiger partial charge >= 0.3 is 0 Å². The normalized spacial score (nSPS) is 20.6. The second kappa shape index (κ2) is 7.70. The fourth-order valence-electron chi connectivity index (χ4n) is 3.48. The third-order valence-electron chi connectivity index (χ3n) is 4.70. The summed E-state index contributed by atoms with van der Waals surface area (Å²) >= 11 is 1.85. The molecule has 0 bridgehead atoms. The molecule has 0 saturated carbocycles. The summed E-state index contributed by atoms with van der Waals surface area (Å²) in [5, 5.41) is 4.26. The third-order valence-corrected chi connectivity index (χ3v) is 5.82. The molecule has 4 nitrogen and oxygen atoms in total. The highest BCUT2D eigenvalue weighted by Gasteiger charge is 2.31. The van der Waals surface area contributed by atoms with Crippen LogP contribution in [0.3, 0.4) is 0 Å². The number of likely N-dealkylation sites (tertiary alicyclic amines) is 1. The predicted octanol–water partition coefficient (Wildman–Crippen LogP) is 3.50. The van der Waals surface area contributed by atoms with E-state index < -0.39 is 0 Å². The van der Waals surface area contributed by atoms with E-state index in [1.807, 2.05) is 29.3 Å². The van der Waals surface area contributed by atoms with Crippen LogP contribution in [-0.4, -0.2) is 33.8 Å². The van der Waals surface area contributed by atoms with Crippen molar-refractivity contribution in [1.82, 2.24) is 14.7 Å². The van der Waals surface area contributed by atoms with E-state index in [0.29, 0.717) is 5.92 Å². The summed E-state index contributed by atoms with van der Waals surface area (Å²) in [6.07, 6.45) is 3.99. The molecule has 25 heavy (non-hydrogen) atoms. The molecule has 0 spiro atoms. The smallest absolute Gasteiger partial charge is 0.0576 e. The molecule has 2 atom stereocenters. The number of benzene rings is 1. The first-order chi connectivity index (χ1) is 11.7. The summed E-state index contributed by atoms with van der Waals surface area (Å²) in [7, 11) is 1.95. The summed E-state index contributed by atoms with van der Waals surface area (Å²) < 4.78 is 1.85. The zero-order valence-electron chi connectivity index (χ0n) is 14.2. The molecule has 3 heterocycles. The summed E-state index contributed by atoms with van der Waals surface area (Å²) in [6.45, 7) is 2.97. The Morgan fingerprint density at radius 3 is 2.68 bits per heavy atom. The first-order valence-corrected chi connectivity index (χ1v) is 9.11. The Kier molecular flexibility index (Phi) is 5.59. The molecule has 2 aromatic heterocycles. The van der Waals surface area contributed by atoms with Crippen LogP contribution >= 0.6 is 23.7 Å². The molecule has 0 aliphatic carbocycles. The standard InChI is InChI=1S/C19H22N4S.ClH/c1-22-10-15(9-21-22)19-8-7-16(24-19)11-23-12-17(18(20)13-23)14-5-3-2-4-6-14;/h2-10,17-18H,11-13,20H2,1H3;1H/t17-,18+;/m0./s1. The fraction of sp³-hybridized carbons (Fsp3) is 0.316. The molecule has 2 N–H and O–H groups in total. The number of nitrogens with two attached hydrogens (primary N) is 1. The van der Waals surface area contributed by atoms with Gasteiger partial charge in [-0.25, -0.2) is 0 Å². The van der Waals surface area contributed by atoms with Gasteiger partial charge in [-0.05, 0) is 17.7 Å². The van der Waals surface area contributed by atoms with E-state index in [2.05, 4.69) is 58.7 Å². The molecule has 6 heteroatoms. The lowest BCUT2D eigenvalue weighted by atomic mass is 9.95. The maximum absolute atomic E-state index is 6.40. The largest absolute Gasteiger partial charge is 0.326 e. The third kappa shape index (κ3) is 3.96. The topological polar surface area (TPSA) is 47.1 Å². The van der Waals surface area contributed by atoms with Crippen molar-refractivity contribution >= 4 is 23.7 Å². The number of aromatic nitrogens is 2. The Morgan fingerprint density at radius 1 is 1.16 bits per heavy atom. The highest BCUT2D eigenvalue weighted by Crippen LogP contribution is 2.31. The average Bonchev–Trinajstić information content (AvgIpc) is 3.29. The van der Waals surface area contributed by atoms with Crippen LogP contribution in [0.25, 0.3) is 10.4 Å². The van der Waals surface area contributed by atoms with Crippen LogP contribution in [0, 0.1) is 0 Å². The number of thiophene rings is 1. The van der Waals surface area contributed by atoms with Crippen molar-refractivity contribution in [3.8, 4) is 10.4 Å². The summed E-state index contributed by atoms with van der Waals surface area (Å²) in [5.74, 6) is 0.434. The van der Waals surface area contributed by atoms with Crippen molar-refractivity contribution < 1.29 is 0 Å². The number of hydrogen-bond acceptors (Lipinski definition) is 4. The van der Waals surface area contributed by atoms with Gasteiger partial charge in [0.2, 0.25) is 0 Å². The Morgan fingerprint density at radius 2 is 1.96 bits per heavy atom. The highest BCUT2D eigenvalue weighted by atomic mass is 35.5. The number of rotatable bonds is 4. The zero-order valence-corrected chi connectivity index (χ0v) is 15.8. The summed E-state index contributed by atoms with van der Waals surface area (Å²) in [6, 6.07) is 15.3. The van der Waals surface area contributed by atoms with Gasteiger partial charge in [0.25, 0.3) is 0 Å². The van der Waals surface area contributed by atoms with Crippen LogP contribution in [-0.2, 0) is 13.6 Å². The van der Waals surface area contributed by atoms with Crippen LogP contribution in [0.5, 0.6) is 0 Å². The van der Waals surface area contributed by atoms with Gasteiger partial charge < -0.3 is 5.73 Å². The van der Waals surface area contributed by atoms with Crippen LogP contribution in [0.15, 0.2) is 54.9 Å². The number of halogens is 1. The van der Waals surface area contributed by atoms with Crippen molar-refractivity contribution in [2.75, 3.05) is 13.1 Å². The van der Waals surface area contributed by atoms with Gasteiger partial charge in [0.1, 0.15) is 0 Å². The maximum atomic E-state index is 6.40. The molecule has 132 valence electrons. The van der Waals surface area contributed by atoms with Gasteiger partial charge in [-0.15, -0.1) is 23.7 Å². The van der Waals surface area contributed by atoms with Gasteiger partial charge in [-0.3, -0.25) is 9.58 Å². The van der Waals surface area contributed by atoms with Crippen molar-refractivity contribution in [2.24, 2.45) is 12.8 Å². The van der Waals surface area contributed by atoms with Crippen molar-refractivity contribution in [3.05, 3.63) is 65.3 Å². The van der Waals surface area contributed by atoms with E-state index in [4.69, 9.17) is 5.73 Å². The van der Waals surface area contributed by atoms with Crippen LogP contribution in [0.4, 0.5) is 0 Å². The molecular formula is C19H23ClN4S. The first-order valence-electron chi connectivity index (χ1n) is 8.29. The van der Waals surface area contributed by atoms with E-state index in [1.165, 1.54) is 20.9 Å². The average molecular weight is 375 g/mol. The van der Waals surface area contributed by atoms with Gasteiger partial charge in [-0.2, -0.15) is 5.10 Å². The monoisotopic (exact) mass is 374 g/mol. The molecule has 0 radical (unpaired) electrons. The van der Waals surface area contributed by atoms with Crippen LogP contribution in [0.2, 0.25) is 0 Å². The molecule has 1 aliphatic heterocycles. The molecular weight excluding hydrogens is 352 g/mol. The van der Waals surface area contributed by atoms with E-state index in [1.54, 1.807) is 0 Å². The minimum absolute atomic E-state index is 0. The van der Waals surface area contributed by atoms with E-state index in [-0.39, 0.29) is 18.4 Å². The van der Waals surface area contributed by atoms with Gasteiger partial charge in [0.05, 0.1) is 6.20 Å². The second-order valence-corrected chi connectivity index (χ2v) is 7.71. The van der Waals surface area contributed by atoms with Crippen molar-refractivity contribution in [2.45, 2.75) is 18.5 Å². The predicted molar refractivity (Wildman–Crippen MR) is 106 cm³/mol.